The summed E-state index contributed by atoms with van der Waals surface area (Å²) in [4.78, 5) is 10.8. The average molecular weight is 373 g/mol. The first-order chi connectivity index (χ1) is 7.20. The van der Waals surface area contributed by atoms with Crippen molar-refractivity contribution in [1.29, 1.82) is 0 Å². The van der Waals surface area contributed by atoms with Crippen LogP contribution in [0.5, 0.6) is 5.75 Å². The van der Waals surface area contributed by atoms with Crippen LogP contribution in [0, 0.1) is 0 Å². The van der Waals surface area contributed by atoms with E-state index in [0.717, 1.165) is 6.26 Å². The Morgan fingerprint density at radius 2 is 1.94 bits per heavy atom. The van der Waals surface area contributed by atoms with E-state index in [2.05, 4.69) is 36.0 Å². The SMILES string of the molecule is CS(=O)(=O)Oc1c(Br)cc(Br)cc1C(=O)[O-]. The van der Waals surface area contributed by atoms with E-state index in [1.807, 2.05) is 0 Å². The number of hydrogen-bond acceptors (Lipinski definition) is 5. The second-order valence-corrected chi connectivity index (χ2v) is 6.18. The number of aromatic carboxylic acids is 1. The van der Waals surface area contributed by atoms with Crippen LogP contribution < -0.4 is 9.29 Å². The Balaban J connectivity index is 3.41. The molecule has 0 atom stereocenters. The average Bonchev–Trinajstić information content (AvgIpc) is 2.07. The number of rotatable bonds is 3. The summed E-state index contributed by atoms with van der Waals surface area (Å²) in [6, 6.07) is 2.66. The van der Waals surface area contributed by atoms with Crippen molar-refractivity contribution < 1.29 is 22.5 Å². The molecule has 0 saturated carbocycles. The zero-order valence-corrected chi connectivity index (χ0v) is 11.8. The van der Waals surface area contributed by atoms with Gasteiger partial charge in [-0.05, 0) is 28.1 Å². The van der Waals surface area contributed by atoms with E-state index in [4.69, 9.17) is 0 Å². The lowest BCUT2D eigenvalue weighted by molar-refractivity contribution is -0.255. The topological polar surface area (TPSA) is 83.5 Å². The van der Waals surface area contributed by atoms with E-state index in [9.17, 15) is 18.3 Å². The predicted molar refractivity (Wildman–Crippen MR) is 61.6 cm³/mol. The van der Waals surface area contributed by atoms with Gasteiger partial charge in [0.05, 0.1) is 16.7 Å². The summed E-state index contributed by atoms with van der Waals surface area (Å²) in [7, 11) is -3.80. The molecule has 0 aliphatic rings. The molecule has 0 spiro atoms. The highest BCUT2D eigenvalue weighted by Gasteiger charge is 2.15. The van der Waals surface area contributed by atoms with Crippen molar-refractivity contribution in [1.82, 2.24) is 0 Å². The number of carbonyl (C=O) groups is 1. The van der Waals surface area contributed by atoms with Gasteiger partial charge in [0.15, 0.2) is 5.75 Å². The highest BCUT2D eigenvalue weighted by molar-refractivity contribution is 9.11. The van der Waals surface area contributed by atoms with Gasteiger partial charge >= 0.3 is 10.1 Å². The molecule has 0 aromatic heterocycles. The first-order valence-corrected chi connectivity index (χ1v) is 7.21. The van der Waals surface area contributed by atoms with E-state index in [-0.39, 0.29) is 15.8 Å². The Morgan fingerprint density at radius 3 is 2.38 bits per heavy atom. The maximum Gasteiger partial charge on any atom is 0.306 e. The van der Waals surface area contributed by atoms with Crippen molar-refractivity contribution in [3.8, 4) is 5.75 Å². The summed E-state index contributed by atoms with van der Waals surface area (Å²) in [5.41, 5.74) is -0.355. The van der Waals surface area contributed by atoms with Gasteiger partial charge in [-0.3, -0.25) is 0 Å². The molecule has 88 valence electrons. The second-order valence-electron chi connectivity index (χ2n) is 2.84. The van der Waals surface area contributed by atoms with Gasteiger partial charge in [0, 0.05) is 10.0 Å². The monoisotopic (exact) mass is 371 g/mol. The minimum Gasteiger partial charge on any atom is -0.545 e. The summed E-state index contributed by atoms with van der Waals surface area (Å²) in [5, 5.41) is 10.8. The van der Waals surface area contributed by atoms with Gasteiger partial charge in [-0.25, -0.2) is 0 Å². The van der Waals surface area contributed by atoms with Gasteiger partial charge in [0.1, 0.15) is 0 Å². The van der Waals surface area contributed by atoms with Crippen LogP contribution in [0.1, 0.15) is 10.4 Å². The Bertz CT molecular complexity index is 538. The fourth-order valence-electron chi connectivity index (χ4n) is 0.948. The molecule has 1 aromatic carbocycles. The van der Waals surface area contributed by atoms with Crippen LogP contribution >= 0.6 is 31.9 Å². The molecule has 16 heavy (non-hydrogen) atoms. The molecule has 0 bridgehead atoms. The highest BCUT2D eigenvalue weighted by Crippen LogP contribution is 2.33. The molecule has 0 aliphatic carbocycles. The summed E-state index contributed by atoms with van der Waals surface area (Å²) >= 11 is 6.08. The van der Waals surface area contributed by atoms with Crippen molar-refractivity contribution in [2.45, 2.75) is 0 Å². The molecular formula is C8H5Br2O5S-. The highest BCUT2D eigenvalue weighted by atomic mass is 79.9. The molecule has 0 saturated heterocycles. The third kappa shape index (κ3) is 3.46. The predicted octanol–water partition coefficient (Wildman–Crippen LogP) is 0.913. The lowest BCUT2D eigenvalue weighted by Gasteiger charge is -2.12. The van der Waals surface area contributed by atoms with Gasteiger partial charge < -0.3 is 14.1 Å². The fourth-order valence-corrected chi connectivity index (χ4v) is 2.84. The molecule has 0 fully saturated rings. The Hall–Kier alpha value is -0.600. The van der Waals surface area contributed by atoms with Gasteiger partial charge in [-0.1, -0.05) is 15.9 Å². The molecule has 0 heterocycles. The molecule has 0 unspecified atom stereocenters. The molecule has 5 nitrogen and oxygen atoms in total. The van der Waals surface area contributed by atoms with E-state index >= 15 is 0 Å². The fraction of sp³-hybridized carbons (Fsp3) is 0.125. The Morgan fingerprint density at radius 1 is 1.38 bits per heavy atom. The molecule has 0 radical (unpaired) electrons. The first kappa shape index (κ1) is 13.5. The maximum absolute atomic E-state index is 10.9. The van der Waals surface area contributed by atoms with Crippen molar-refractivity contribution in [3.05, 3.63) is 26.6 Å². The van der Waals surface area contributed by atoms with Crippen LogP contribution in [0.3, 0.4) is 0 Å². The zero-order valence-electron chi connectivity index (χ0n) is 7.86. The van der Waals surface area contributed by atoms with E-state index < -0.39 is 16.1 Å². The normalized spacial score (nSPS) is 11.2. The summed E-state index contributed by atoms with van der Waals surface area (Å²) in [6.07, 6.45) is 0.820. The standard InChI is InChI=1S/C8H6Br2O5S/c1-16(13,14)15-7-5(8(11)12)2-4(9)3-6(7)10/h2-3H,1H3,(H,11,12)/p-1. The van der Waals surface area contributed by atoms with Gasteiger partial charge in [0.25, 0.3) is 0 Å². The number of benzene rings is 1. The van der Waals surface area contributed by atoms with Crippen LogP contribution in [0.2, 0.25) is 0 Å². The summed E-state index contributed by atoms with van der Waals surface area (Å²) in [6.45, 7) is 0. The smallest absolute Gasteiger partial charge is 0.306 e. The van der Waals surface area contributed by atoms with Crippen LogP contribution in [0.15, 0.2) is 21.1 Å². The van der Waals surface area contributed by atoms with Gasteiger partial charge in [-0.15, -0.1) is 0 Å². The lowest BCUT2D eigenvalue weighted by atomic mass is 10.2. The lowest BCUT2D eigenvalue weighted by Crippen LogP contribution is -2.24. The molecule has 0 aliphatic heterocycles. The molecule has 1 aromatic rings. The Labute approximate surface area is 109 Å². The van der Waals surface area contributed by atoms with E-state index in [1.165, 1.54) is 12.1 Å². The molecular weight excluding hydrogens is 368 g/mol. The summed E-state index contributed by atoms with van der Waals surface area (Å²) in [5.74, 6) is -1.83. The largest absolute Gasteiger partial charge is 0.545 e. The van der Waals surface area contributed by atoms with Crippen LogP contribution in [0.25, 0.3) is 0 Å². The third-order valence-corrected chi connectivity index (χ3v) is 2.98. The minimum absolute atomic E-state index is 0.200. The number of carbonyl (C=O) groups excluding carboxylic acids is 1. The van der Waals surface area contributed by atoms with Crippen molar-refractivity contribution >= 4 is 47.9 Å². The quantitative estimate of drug-likeness (QED) is 0.736. The Kier molecular flexibility index (Phi) is 3.97. The molecule has 0 N–H and O–H groups in total. The van der Waals surface area contributed by atoms with Crippen LogP contribution in [-0.2, 0) is 10.1 Å². The maximum atomic E-state index is 10.9. The summed E-state index contributed by atoms with van der Waals surface area (Å²) < 4.78 is 27.1. The molecule has 0 amide bonds. The molecule has 1 rings (SSSR count). The third-order valence-electron chi connectivity index (χ3n) is 1.46. The molecule has 8 heteroatoms. The van der Waals surface area contributed by atoms with Crippen molar-refractivity contribution in [2.24, 2.45) is 0 Å². The van der Waals surface area contributed by atoms with Gasteiger partial charge in [-0.2, -0.15) is 8.42 Å². The number of hydrogen-bond donors (Lipinski definition) is 0. The van der Waals surface area contributed by atoms with Gasteiger partial charge in [0.2, 0.25) is 0 Å². The van der Waals surface area contributed by atoms with Crippen molar-refractivity contribution in [3.63, 3.8) is 0 Å². The van der Waals surface area contributed by atoms with Crippen molar-refractivity contribution in [2.75, 3.05) is 6.26 Å². The van der Waals surface area contributed by atoms with E-state index in [0.29, 0.717) is 4.47 Å². The minimum atomic E-state index is -3.80. The van der Waals surface area contributed by atoms with E-state index in [1.54, 1.807) is 0 Å². The van der Waals surface area contributed by atoms with Crippen LogP contribution in [-0.4, -0.2) is 20.6 Å². The number of halogens is 2. The number of carboxylic acid groups (broad SMARTS) is 1. The van der Waals surface area contributed by atoms with Crippen LogP contribution in [0.4, 0.5) is 0 Å². The second kappa shape index (κ2) is 4.72. The first-order valence-electron chi connectivity index (χ1n) is 3.80. The number of carboxylic acids is 1. The zero-order chi connectivity index (χ0) is 12.5.